The molecule has 1 N–H and O–H groups in total. The molecule has 0 aromatic carbocycles. The highest BCUT2D eigenvalue weighted by Gasteiger charge is 2.48. The van der Waals surface area contributed by atoms with Crippen LogP contribution in [0, 0.1) is 0 Å². The van der Waals surface area contributed by atoms with Crippen molar-refractivity contribution in [3.05, 3.63) is 30.4 Å². The molecule has 1 aliphatic heterocycles. The van der Waals surface area contributed by atoms with E-state index in [0.717, 1.165) is 0 Å². The van der Waals surface area contributed by atoms with Gasteiger partial charge in [-0.25, -0.2) is 32.4 Å². The van der Waals surface area contributed by atoms with Gasteiger partial charge >= 0.3 is 6.09 Å². The maximum absolute atomic E-state index is 14.7. The maximum atomic E-state index is 14.7. The Bertz CT molecular complexity index is 1320. The van der Waals surface area contributed by atoms with Gasteiger partial charge in [0.05, 0.1) is 38.3 Å². The molecule has 0 radical (unpaired) electrons. The SMILES string of the molecule is COc1cc2ncc(-c3cncc(N[C@H]4CN(C(=O)OC(C)(C)C)C[C@@H]4F)n3)n2nc1C1CC(F)(F)C1. The third-order valence-electron chi connectivity index (χ3n) is 6.31. The van der Waals surface area contributed by atoms with Crippen LogP contribution in [0.25, 0.3) is 17.0 Å². The van der Waals surface area contributed by atoms with Gasteiger partial charge in [0, 0.05) is 31.4 Å². The van der Waals surface area contributed by atoms with Gasteiger partial charge in [-0.1, -0.05) is 0 Å². The number of halogens is 3. The molecule has 2 fully saturated rings. The fourth-order valence-corrected chi connectivity index (χ4v) is 4.51. The Hall–Kier alpha value is -3.64. The molecule has 37 heavy (non-hydrogen) atoms. The molecule has 198 valence electrons. The fourth-order valence-electron chi connectivity index (χ4n) is 4.51. The van der Waals surface area contributed by atoms with Crippen molar-refractivity contribution in [2.45, 2.75) is 63.3 Å². The molecular formula is C24H28F3N7O3. The van der Waals surface area contributed by atoms with Crippen molar-refractivity contribution < 1.29 is 27.4 Å². The molecule has 0 spiro atoms. The van der Waals surface area contributed by atoms with E-state index in [2.05, 4.69) is 25.4 Å². The summed E-state index contributed by atoms with van der Waals surface area (Å²) in [5, 5.41) is 7.58. The number of carbonyl (C=O) groups is 1. The van der Waals surface area contributed by atoms with Crippen LogP contribution in [0.5, 0.6) is 5.75 Å². The summed E-state index contributed by atoms with van der Waals surface area (Å²) in [5.41, 5.74) is 1.09. The Labute approximate surface area is 211 Å². The first kappa shape index (κ1) is 25.0. The lowest BCUT2D eigenvalue weighted by molar-refractivity contribution is -0.0881. The molecule has 1 aliphatic carbocycles. The molecule has 5 rings (SSSR count). The molecule has 3 aromatic rings. The van der Waals surface area contributed by atoms with E-state index in [-0.39, 0.29) is 25.9 Å². The quantitative estimate of drug-likeness (QED) is 0.538. The number of rotatable bonds is 5. The van der Waals surface area contributed by atoms with E-state index in [4.69, 9.17) is 9.47 Å². The minimum atomic E-state index is -2.71. The second-order valence-corrected chi connectivity index (χ2v) is 10.4. The third-order valence-corrected chi connectivity index (χ3v) is 6.31. The van der Waals surface area contributed by atoms with Gasteiger partial charge in [0.15, 0.2) is 5.65 Å². The van der Waals surface area contributed by atoms with Crippen LogP contribution in [0.15, 0.2) is 24.7 Å². The van der Waals surface area contributed by atoms with Crippen LogP contribution in [0.1, 0.15) is 45.2 Å². The summed E-state index contributed by atoms with van der Waals surface area (Å²) in [6, 6.07) is 0.948. The van der Waals surface area contributed by atoms with Gasteiger partial charge in [-0.15, -0.1) is 0 Å². The Balaban J connectivity index is 1.37. The van der Waals surface area contributed by atoms with Crippen molar-refractivity contribution in [2.24, 2.45) is 0 Å². The van der Waals surface area contributed by atoms with Crippen LogP contribution < -0.4 is 10.1 Å². The van der Waals surface area contributed by atoms with Crippen LogP contribution in [-0.4, -0.2) is 79.5 Å². The number of methoxy groups -OCH3 is 1. The minimum absolute atomic E-state index is 0.0955. The number of anilines is 1. The van der Waals surface area contributed by atoms with Crippen molar-refractivity contribution in [1.29, 1.82) is 0 Å². The highest BCUT2D eigenvalue weighted by molar-refractivity contribution is 5.69. The molecule has 1 saturated heterocycles. The average Bonchev–Trinajstić information content (AvgIpc) is 3.38. The number of fused-ring (bicyclic) bond motifs is 1. The van der Waals surface area contributed by atoms with Crippen LogP contribution in [0.3, 0.4) is 0 Å². The van der Waals surface area contributed by atoms with Crippen LogP contribution in [-0.2, 0) is 4.74 Å². The molecule has 13 heteroatoms. The maximum Gasteiger partial charge on any atom is 0.410 e. The summed E-state index contributed by atoms with van der Waals surface area (Å²) in [5.74, 6) is -2.43. The summed E-state index contributed by atoms with van der Waals surface area (Å²) in [6.45, 7) is 5.26. The number of ether oxygens (including phenoxy) is 2. The molecule has 0 unspecified atom stereocenters. The number of carbonyl (C=O) groups excluding carboxylic acids is 1. The largest absolute Gasteiger partial charge is 0.495 e. The fraction of sp³-hybridized carbons (Fsp3) is 0.542. The van der Waals surface area contributed by atoms with E-state index in [9.17, 15) is 18.0 Å². The number of nitrogens with zero attached hydrogens (tertiary/aromatic N) is 6. The van der Waals surface area contributed by atoms with Crippen molar-refractivity contribution >= 4 is 17.6 Å². The zero-order chi connectivity index (χ0) is 26.5. The number of hydrogen-bond acceptors (Lipinski definition) is 8. The van der Waals surface area contributed by atoms with E-state index in [1.807, 2.05) is 0 Å². The molecule has 1 amide bonds. The van der Waals surface area contributed by atoms with Gasteiger partial charge in [-0.2, -0.15) is 5.10 Å². The predicted octanol–water partition coefficient (Wildman–Crippen LogP) is 4.08. The first-order valence-electron chi connectivity index (χ1n) is 11.9. The predicted molar refractivity (Wildman–Crippen MR) is 128 cm³/mol. The lowest BCUT2D eigenvalue weighted by Gasteiger charge is -2.34. The molecule has 4 heterocycles. The highest BCUT2D eigenvalue weighted by Crippen LogP contribution is 2.49. The molecule has 2 atom stereocenters. The number of amides is 1. The lowest BCUT2D eigenvalue weighted by atomic mass is 9.79. The molecule has 10 nitrogen and oxygen atoms in total. The number of hydrogen-bond donors (Lipinski definition) is 1. The molecule has 2 aliphatic rings. The molecule has 3 aromatic heterocycles. The van der Waals surface area contributed by atoms with E-state index in [1.165, 1.54) is 28.9 Å². The minimum Gasteiger partial charge on any atom is -0.495 e. The van der Waals surface area contributed by atoms with E-state index < -0.39 is 35.7 Å². The van der Waals surface area contributed by atoms with Gasteiger partial charge in [-0.3, -0.25) is 4.98 Å². The number of aromatic nitrogens is 5. The Morgan fingerprint density at radius 3 is 2.62 bits per heavy atom. The van der Waals surface area contributed by atoms with Gasteiger partial charge in [-0.05, 0) is 20.8 Å². The number of likely N-dealkylation sites (tertiary alicyclic amines) is 1. The van der Waals surface area contributed by atoms with Gasteiger partial charge in [0.1, 0.15) is 40.4 Å². The average molecular weight is 520 g/mol. The molecular weight excluding hydrogens is 491 g/mol. The second-order valence-electron chi connectivity index (χ2n) is 10.4. The number of alkyl halides is 3. The number of nitrogens with one attached hydrogen (secondary N) is 1. The van der Waals surface area contributed by atoms with Crippen molar-refractivity contribution in [3.63, 3.8) is 0 Å². The van der Waals surface area contributed by atoms with Crippen LogP contribution in [0.4, 0.5) is 23.8 Å². The van der Waals surface area contributed by atoms with Crippen molar-refractivity contribution in [2.75, 3.05) is 25.5 Å². The third kappa shape index (κ3) is 5.12. The lowest BCUT2D eigenvalue weighted by Crippen LogP contribution is -2.36. The van der Waals surface area contributed by atoms with Gasteiger partial charge in [0.25, 0.3) is 0 Å². The topological polar surface area (TPSA) is 107 Å². The van der Waals surface area contributed by atoms with Crippen LogP contribution in [0.2, 0.25) is 0 Å². The standard InChI is InChI=1S/C24H28F3N7O3/c1-23(2,3)37-22(35)33-11-14(25)16(12-33)31-19-10-28-8-15(30-19)17-9-29-20-5-18(36-4)21(32-34(17)20)13-6-24(26,27)7-13/h5,8-10,13-14,16H,6-7,11-12H2,1-4H3,(H,30,31)/t14-,16-/m0/s1. The summed E-state index contributed by atoms with van der Waals surface area (Å²) in [7, 11) is 1.46. The number of imidazole rings is 1. The van der Waals surface area contributed by atoms with Gasteiger partial charge < -0.3 is 19.7 Å². The summed E-state index contributed by atoms with van der Waals surface area (Å²) in [4.78, 5) is 26.7. The summed E-state index contributed by atoms with van der Waals surface area (Å²) in [6.07, 6.45) is 2.01. The van der Waals surface area contributed by atoms with E-state index in [1.54, 1.807) is 33.0 Å². The summed E-state index contributed by atoms with van der Waals surface area (Å²) < 4.78 is 54.0. The Kier molecular flexibility index (Phi) is 6.11. The van der Waals surface area contributed by atoms with Crippen molar-refractivity contribution in [3.8, 4) is 17.1 Å². The van der Waals surface area contributed by atoms with E-state index in [0.29, 0.717) is 34.3 Å². The monoisotopic (exact) mass is 519 g/mol. The Morgan fingerprint density at radius 1 is 1.19 bits per heavy atom. The normalized spacial score (nSPS) is 21.6. The van der Waals surface area contributed by atoms with Gasteiger partial charge in [0.2, 0.25) is 5.92 Å². The molecule has 0 bridgehead atoms. The van der Waals surface area contributed by atoms with Crippen molar-refractivity contribution in [1.82, 2.24) is 29.5 Å². The van der Waals surface area contributed by atoms with E-state index >= 15 is 0 Å². The zero-order valence-corrected chi connectivity index (χ0v) is 20.9. The summed E-state index contributed by atoms with van der Waals surface area (Å²) >= 11 is 0. The zero-order valence-electron chi connectivity index (χ0n) is 20.9. The first-order valence-corrected chi connectivity index (χ1v) is 11.9. The molecule has 1 saturated carbocycles. The highest BCUT2D eigenvalue weighted by atomic mass is 19.3. The first-order chi connectivity index (χ1) is 17.4. The second kappa shape index (κ2) is 9.03. The smallest absolute Gasteiger partial charge is 0.410 e. The van der Waals surface area contributed by atoms with Crippen LogP contribution >= 0.6 is 0 Å². The Morgan fingerprint density at radius 2 is 1.95 bits per heavy atom.